The summed E-state index contributed by atoms with van der Waals surface area (Å²) in [5, 5.41) is 15.3. The highest BCUT2D eigenvalue weighted by Gasteiger charge is 2.27. The fourth-order valence-electron chi connectivity index (χ4n) is 4.53. The van der Waals surface area contributed by atoms with Gasteiger partial charge in [0.2, 0.25) is 5.95 Å². The highest BCUT2D eigenvalue weighted by molar-refractivity contribution is 5.77. The summed E-state index contributed by atoms with van der Waals surface area (Å²) >= 11 is 0. The number of fused-ring (bicyclic) bond motifs is 1. The van der Waals surface area contributed by atoms with Crippen molar-refractivity contribution in [3.63, 3.8) is 0 Å². The second-order valence-electron chi connectivity index (χ2n) is 8.18. The summed E-state index contributed by atoms with van der Waals surface area (Å²) in [5.41, 5.74) is 9.46. The van der Waals surface area contributed by atoms with Gasteiger partial charge in [0.25, 0.3) is 0 Å². The van der Waals surface area contributed by atoms with E-state index < -0.39 is 0 Å². The SMILES string of the molecule is C[C@H](c1ccn2nc(N)nc(Nc3cc(C4CC4)[nH]n3)c12)C1CCCCC1. The number of nitrogen functional groups attached to an aromatic ring is 1. The largest absolute Gasteiger partial charge is 0.366 e. The molecule has 3 heterocycles. The molecule has 5 rings (SSSR count). The number of hydrogen-bond acceptors (Lipinski definition) is 5. The van der Waals surface area contributed by atoms with Crippen molar-refractivity contribution in [3.05, 3.63) is 29.6 Å². The number of rotatable bonds is 5. The normalized spacial score (nSPS) is 19.4. The van der Waals surface area contributed by atoms with Crippen LogP contribution >= 0.6 is 0 Å². The second-order valence-corrected chi connectivity index (χ2v) is 8.18. The van der Waals surface area contributed by atoms with E-state index in [4.69, 9.17) is 5.73 Å². The Labute approximate surface area is 158 Å². The van der Waals surface area contributed by atoms with Gasteiger partial charge in [0.1, 0.15) is 5.52 Å². The van der Waals surface area contributed by atoms with E-state index in [1.807, 2.05) is 10.7 Å². The molecule has 142 valence electrons. The molecule has 0 radical (unpaired) electrons. The first kappa shape index (κ1) is 16.6. The number of hydrogen-bond donors (Lipinski definition) is 3. The minimum atomic E-state index is 0.260. The minimum Gasteiger partial charge on any atom is -0.366 e. The molecular formula is C20H27N7. The number of H-pyrrole nitrogens is 1. The summed E-state index contributed by atoms with van der Waals surface area (Å²) in [6.07, 6.45) is 11.1. The van der Waals surface area contributed by atoms with Gasteiger partial charge in [-0.25, -0.2) is 4.52 Å². The molecule has 2 aliphatic carbocycles. The highest BCUT2D eigenvalue weighted by Crippen LogP contribution is 2.41. The van der Waals surface area contributed by atoms with Crippen LogP contribution in [0.3, 0.4) is 0 Å². The lowest BCUT2D eigenvalue weighted by Crippen LogP contribution is -2.14. The van der Waals surface area contributed by atoms with Crippen molar-refractivity contribution in [3.8, 4) is 0 Å². The quantitative estimate of drug-likeness (QED) is 0.625. The van der Waals surface area contributed by atoms with E-state index in [0.29, 0.717) is 11.8 Å². The highest BCUT2D eigenvalue weighted by atomic mass is 15.3. The summed E-state index contributed by atoms with van der Waals surface area (Å²) < 4.78 is 1.85. The van der Waals surface area contributed by atoms with Crippen molar-refractivity contribution >= 4 is 23.1 Å². The standard InChI is InChI=1S/C20H27N7/c1-12(13-5-3-2-4-6-13)15-9-10-27-18(15)19(23-20(21)26-27)22-17-11-16(24-25-17)14-7-8-14/h9-14H,2-8H2,1H3,(H4,21,22,23,24,25,26)/t12-/m0/s1. The molecule has 0 aliphatic heterocycles. The zero-order valence-corrected chi connectivity index (χ0v) is 15.8. The van der Waals surface area contributed by atoms with E-state index in [9.17, 15) is 0 Å². The molecule has 0 spiro atoms. The minimum absolute atomic E-state index is 0.260. The zero-order valence-electron chi connectivity index (χ0n) is 15.8. The van der Waals surface area contributed by atoms with Gasteiger partial charge in [-0.1, -0.05) is 26.2 Å². The zero-order chi connectivity index (χ0) is 18.4. The van der Waals surface area contributed by atoms with Crippen LogP contribution in [-0.2, 0) is 0 Å². The number of nitrogens with one attached hydrogen (secondary N) is 2. The third kappa shape index (κ3) is 3.15. The van der Waals surface area contributed by atoms with Crippen LogP contribution < -0.4 is 11.1 Å². The smallest absolute Gasteiger partial charge is 0.240 e. The molecule has 0 saturated heterocycles. The lowest BCUT2D eigenvalue weighted by atomic mass is 9.78. The Hall–Kier alpha value is -2.57. The fourth-order valence-corrected chi connectivity index (χ4v) is 4.53. The van der Waals surface area contributed by atoms with E-state index in [-0.39, 0.29) is 5.95 Å². The third-order valence-electron chi connectivity index (χ3n) is 6.27. The van der Waals surface area contributed by atoms with Crippen molar-refractivity contribution < 1.29 is 0 Å². The number of anilines is 3. The molecule has 2 saturated carbocycles. The Kier molecular flexibility index (Phi) is 4.02. The molecule has 1 atom stereocenters. The third-order valence-corrected chi connectivity index (χ3v) is 6.27. The molecule has 27 heavy (non-hydrogen) atoms. The van der Waals surface area contributed by atoms with E-state index >= 15 is 0 Å². The van der Waals surface area contributed by atoms with Gasteiger partial charge < -0.3 is 11.1 Å². The average Bonchev–Trinajstić information content (AvgIpc) is 3.28. The maximum Gasteiger partial charge on any atom is 0.240 e. The molecule has 0 aromatic carbocycles. The number of nitrogens with zero attached hydrogens (tertiary/aromatic N) is 4. The van der Waals surface area contributed by atoms with Crippen molar-refractivity contribution in [1.82, 2.24) is 24.8 Å². The fraction of sp³-hybridized carbons (Fsp3) is 0.550. The monoisotopic (exact) mass is 365 g/mol. The van der Waals surface area contributed by atoms with Gasteiger partial charge in [0.15, 0.2) is 11.6 Å². The summed E-state index contributed by atoms with van der Waals surface area (Å²) in [5.74, 6) is 3.62. The van der Waals surface area contributed by atoms with Crippen molar-refractivity contribution in [2.45, 2.75) is 63.7 Å². The molecule has 7 heteroatoms. The lowest BCUT2D eigenvalue weighted by Gasteiger charge is -2.27. The number of aromatic amines is 1. The lowest BCUT2D eigenvalue weighted by molar-refractivity contribution is 0.317. The summed E-state index contributed by atoms with van der Waals surface area (Å²) in [7, 11) is 0. The molecule has 7 nitrogen and oxygen atoms in total. The first-order chi connectivity index (χ1) is 13.2. The molecule has 4 N–H and O–H groups in total. The molecule has 0 unspecified atom stereocenters. The molecule has 3 aromatic rings. The van der Waals surface area contributed by atoms with E-state index in [1.165, 1.54) is 56.2 Å². The van der Waals surface area contributed by atoms with Gasteiger partial charge in [0.05, 0.1) is 0 Å². The van der Waals surface area contributed by atoms with Crippen molar-refractivity contribution in [1.29, 1.82) is 0 Å². The van der Waals surface area contributed by atoms with Crippen LogP contribution in [0.2, 0.25) is 0 Å². The predicted octanol–water partition coefficient (Wildman–Crippen LogP) is 4.34. The second kappa shape index (κ2) is 6.55. The summed E-state index contributed by atoms with van der Waals surface area (Å²) in [6.45, 7) is 2.34. The van der Waals surface area contributed by atoms with Gasteiger partial charge in [-0.2, -0.15) is 10.1 Å². The summed E-state index contributed by atoms with van der Waals surface area (Å²) in [6, 6.07) is 4.26. The maximum atomic E-state index is 5.96. The predicted molar refractivity (Wildman–Crippen MR) is 106 cm³/mol. The van der Waals surface area contributed by atoms with Crippen LogP contribution in [0.15, 0.2) is 18.3 Å². The Balaban J connectivity index is 1.50. The maximum absolute atomic E-state index is 5.96. The molecule has 2 aliphatic rings. The van der Waals surface area contributed by atoms with Crippen LogP contribution in [0.5, 0.6) is 0 Å². The van der Waals surface area contributed by atoms with Crippen molar-refractivity contribution in [2.24, 2.45) is 5.92 Å². The molecule has 3 aromatic heterocycles. The molecular weight excluding hydrogens is 338 g/mol. The number of aromatic nitrogens is 5. The van der Waals surface area contributed by atoms with Gasteiger partial charge in [-0.15, -0.1) is 5.10 Å². The first-order valence-corrected chi connectivity index (χ1v) is 10.2. The first-order valence-electron chi connectivity index (χ1n) is 10.2. The van der Waals surface area contributed by atoms with Gasteiger partial charge in [-0.3, -0.25) is 5.10 Å². The van der Waals surface area contributed by atoms with Crippen LogP contribution in [-0.4, -0.2) is 24.8 Å². The van der Waals surface area contributed by atoms with Crippen LogP contribution in [0.1, 0.15) is 75.0 Å². The van der Waals surface area contributed by atoms with Crippen LogP contribution in [0.25, 0.3) is 5.52 Å². The number of nitrogens with two attached hydrogens (primary N) is 1. The van der Waals surface area contributed by atoms with E-state index in [2.05, 4.69) is 44.7 Å². The van der Waals surface area contributed by atoms with Crippen molar-refractivity contribution in [2.75, 3.05) is 11.1 Å². The van der Waals surface area contributed by atoms with Crippen LogP contribution in [0.4, 0.5) is 17.6 Å². The molecule has 0 amide bonds. The molecule has 2 fully saturated rings. The Morgan fingerprint density at radius 3 is 2.81 bits per heavy atom. The molecule has 0 bridgehead atoms. The Morgan fingerprint density at radius 1 is 1.22 bits per heavy atom. The van der Waals surface area contributed by atoms with Gasteiger partial charge >= 0.3 is 0 Å². The van der Waals surface area contributed by atoms with Crippen LogP contribution in [0, 0.1) is 5.92 Å². The van der Waals surface area contributed by atoms with E-state index in [0.717, 1.165) is 23.1 Å². The Bertz CT molecular complexity index is 947. The van der Waals surface area contributed by atoms with Gasteiger partial charge in [-0.05, 0) is 49.1 Å². The van der Waals surface area contributed by atoms with Gasteiger partial charge in [0, 0.05) is 23.9 Å². The Morgan fingerprint density at radius 2 is 2.04 bits per heavy atom. The van der Waals surface area contributed by atoms with E-state index in [1.54, 1.807) is 0 Å². The topological polar surface area (TPSA) is 96.9 Å². The average molecular weight is 365 g/mol. The summed E-state index contributed by atoms with van der Waals surface area (Å²) in [4.78, 5) is 4.51.